The van der Waals surface area contributed by atoms with E-state index in [1.807, 2.05) is 0 Å². The first-order chi connectivity index (χ1) is 18.2. The van der Waals surface area contributed by atoms with Gasteiger partial charge in [0.05, 0.1) is 0 Å². The molecule has 37 heavy (non-hydrogen) atoms. The molecule has 0 aromatic heterocycles. The van der Waals surface area contributed by atoms with E-state index in [1.165, 1.54) is 148 Å². The summed E-state index contributed by atoms with van der Waals surface area (Å²) >= 11 is 0. The number of allylic oxidation sites excluding steroid dienone is 6. The molecule has 1 saturated carbocycles. The maximum absolute atomic E-state index is 11.8. The maximum Gasteiger partial charge on any atom is 0.134 e. The summed E-state index contributed by atoms with van der Waals surface area (Å²) < 4.78 is 0. The van der Waals surface area contributed by atoms with Crippen molar-refractivity contribution in [1.82, 2.24) is 0 Å². The van der Waals surface area contributed by atoms with Crippen LogP contribution in [0, 0.1) is 5.41 Å². The molecule has 1 aliphatic carbocycles. The van der Waals surface area contributed by atoms with Gasteiger partial charge in [-0.25, -0.2) is 0 Å². The second-order valence-electron chi connectivity index (χ2n) is 12.0. The Balaban J connectivity index is 1.96. The fourth-order valence-electron chi connectivity index (χ4n) is 5.79. The molecular formula is C36H64O. The smallest absolute Gasteiger partial charge is 0.134 e. The Bertz CT molecular complexity index is 588. The zero-order valence-corrected chi connectivity index (χ0v) is 25.3. The van der Waals surface area contributed by atoms with Gasteiger partial charge in [-0.15, -0.1) is 0 Å². The van der Waals surface area contributed by atoms with Gasteiger partial charge in [-0.3, -0.25) is 4.79 Å². The van der Waals surface area contributed by atoms with Crippen LogP contribution in [0.15, 0.2) is 36.5 Å². The van der Waals surface area contributed by atoms with Crippen LogP contribution in [0.2, 0.25) is 0 Å². The Morgan fingerprint density at radius 1 is 0.486 bits per heavy atom. The van der Waals surface area contributed by atoms with E-state index < -0.39 is 0 Å². The summed E-state index contributed by atoms with van der Waals surface area (Å²) in [6, 6.07) is 0. The number of hydrogen-bond donors (Lipinski definition) is 0. The molecule has 1 nitrogen and oxygen atoms in total. The first-order valence-electron chi connectivity index (χ1n) is 16.7. The summed E-state index contributed by atoms with van der Waals surface area (Å²) in [6.45, 7) is 4.55. The summed E-state index contributed by atoms with van der Waals surface area (Å²) in [5, 5.41) is 0. The molecular weight excluding hydrogens is 448 g/mol. The lowest BCUT2D eigenvalue weighted by Crippen LogP contribution is -2.37. The normalized spacial score (nSPS) is 15.5. The van der Waals surface area contributed by atoms with Gasteiger partial charge in [-0.05, 0) is 76.0 Å². The molecule has 0 aliphatic heterocycles. The third-order valence-electron chi connectivity index (χ3n) is 8.27. The van der Waals surface area contributed by atoms with Crippen LogP contribution < -0.4 is 0 Å². The number of hydrogen-bond acceptors (Lipinski definition) is 1. The van der Waals surface area contributed by atoms with Gasteiger partial charge in [0.2, 0.25) is 0 Å². The molecule has 0 bridgehead atoms. The monoisotopic (exact) mass is 512 g/mol. The Morgan fingerprint density at radius 3 is 1.30 bits per heavy atom. The molecule has 0 heterocycles. The van der Waals surface area contributed by atoms with Crippen molar-refractivity contribution in [2.24, 2.45) is 5.41 Å². The minimum Gasteiger partial charge on any atom is -0.300 e. The topological polar surface area (TPSA) is 17.1 Å². The highest BCUT2D eigenvalue weighted by atomic mass is 16.1. The molecule has 0 saturated heterocycles. The maximum atomic E-state index is 11.8. The Hall–Kier alpha value is -1.11. The molecule has 0 spiro atoms. The fourth-order valence-corrected chi connectivity index (χ4v) is 5.79. The number of carbonyl (C=O) groups excluding carboxylic acids is 1. The van der Waals surface area contributed by atoms with E-state index in [0.717, 1.165) is 19.3 Å². The van der Waals surface area contributed by atoms with Crippen LogP contribution in [0.25, 0.3) is 0 Å². The average Bonchev–Trinajstić information content (AvgIpc) is 2.88. The fraction of sp³-hybridized carbons (Fsp3) is 0.806. The molecule has 0 aromatic rings. The molecule has 1 rings (SSSR count). The first kappa shape index (κ1) is 33.9. The molecule has 1 aliphatic rings. The van der Waals surface area contributed by atoms with E-state index in [0.29, 0.717) is 11.2 Å². The molecule has 0 aromatic carbocycles. The third kappa shape index (κ3) is 20.5. The van der Waals surface area contributed by atoms with Crippen LogP contribution in [0.1, 0.15) is 181 Å². The second kappa shape index (κ2) is 25.2. The van der Waals surface area contributed by atoms with Gasteiger partial charge in [-0.1, -0.05) is 134 Å². The van der Waals surface area contributed by atoms with Crippen molar-refractivity contribution < 1.29 is 4.79 Å². The second-order valence-corrected chi connectivity index (χ2v) is 12.0. The summed E-state index contributed by atoms with van der Waals surface area (Å²) in [5.41, 5.74) is 0.386. The summed E-state index contributed by atoms with van der Waals surface area (Å²) in [4.78, 5) is 11.8. The lowest BCUT2D eigenvalue weighted by atomic mass is 9.62. The highest BCUT2D eigenvalue weighted by molar-refractivity contribution is 5.86. The molecule has 0 radical (unpaired) electrons. The van der Waals surface area contributed by atoms with Crippen molar-refractivity contribution in [1.29, 1.82) is 0 Å². The Kier molecular flexibility index (Phi) is 23.1. The van der Waals surface area contributed by atoms with Crippen molar-refractivity contribution in [3.8, 4) is 0 Å². The minimum absolute atomic E-state index is 0.386. The highest BCUT2D eigenvalue weighted by Crippen LogP contribution is 2.47. The van der Waals surface area contributed by atoms with Crippen LogP contribution in [-0.2, 0) is 4.79 Å². The van der Waals surface area contributed by atoms with Crippen molar-refractivity contribution >= 4 is 5.78 Å². The standard InChI is InChI=1S/C36H64O/c1-3-5-7-9-11-13-15-17-19-21-23-25-27-29-31-36(33-35(37)34-36)32-30-28-26-24-22-20-18-16-14-12-10-8-6-4-2/h11,13,17-20H,3-10,12,14-16,21-34H2,1-2H3/b13-11-,19-17-,20-18-. The zero-order valence-electron chi connectivity index (χ0n) is 25.3. The van der Waals surface area contributed by atoms with E-state index in [-0.39, 0.29) is 0 Å². The van der Waals surface area contributed by atoms with Crippen LogP contribution >= 0.6 is 0 Å². The Morgan fingerprint density at radius 2 is 0.838 bits per heavy atom. The van der Waals surface area contributed by atoms with Crippen molar-refractivity contribution in [3.63, 3.8) is 0 Å². The largest absolute Gasteiger partial charge is 0.300 e. The van der Waals surface area contributed by atoms with Crippen molar-refractivity contribution in [2.75, 3.05) is 0 Å². The van der Waals surface area contributed by atoms with Crippen molar-refractivity contribution in [2.45, 2.75) is 181 Å². The highest BCUT2D eigenvalue weighted by Gasteiger charge is 2.41. The van der Waals surface area contributed by atoms with Gasteiger partial charge in [-0.2, -0.15) is 0 Å². The predicted octanol–water partition coefficient (Wildman–Crippen LogP) is 12.4. The molecule has 214 valence electrons. The predicted molar refractivity (Wildman–Crippen MR) is 166 cm³/mol. The van der Waals surface area contributed by atoms with E-state index in [9.17, 15) is 4.79 Å². The van der Waals surface area contributed by atoms with Gasteiger partial charge < -0.3 is 0 Å². The van der Waals surface area contributed by atoms with E-state index in [4.69, 9.17) is 0 Å². The van der Waals surface area contributed by atoms with E-state index >= 15 is 0 Å². The van der Waals surface area contributed by atoms with Gasteiger partial charge in [0.15, 0.2) is 0 Å². The molecule has 1 heteroatoms. The number of unbranched alkanes of at least 4 members (excludes halogenated alkanes) is 17. The summed E-state index contributed by atoms with van der Waals surface area (Å²) in [6.07, 6.45) is 47.7. The number of ketones is 1. The lowest BCUT2D eigenvalue weighted by Gasteiger charge is -2.41. The Labute approximate surface area is 233 Å². The molecule has 0 N–H and O–H groups in total. The minimum atomic E-state index is 0.386. The quantitative estimate of drug-likeness (QED) is 0.0789. The molecule has 0 amide bonds. The summed E-state index contributed by atoms with van der Waals surface area (Å²) in [7, 11) is 0. The van der Waals surface area contributed by atoms with Crippen LogP contribution in [0.5, 0.6) is 0 Å². The van der Waals surface area contributed by atoms with Crippen LogP contribution in [-0.4, -0.2) is 5.78 Å². The van der Waals surface area contributed by atoms with E-state index in [1.54, 1.807) is 0 Å². The van der Waals surface area contributed by atoms with Gasteiger partial charge in [0, 0.05) is 12.8 Å². The molecule has 1 fully saturated rings. The number of rotatable bonds is 27. The van der Waals surface area contributed by atoms with Crippen molar-refractivity contribution in [3.05, 3.63) is 36.5 Å². The molecule has 0 unspecified atom stereocenters. The summed E-state index contributed by atoms with van der Waals surface area (Å²) in [5.74, 6) is 0.514. The van der Waals surface area contributed by atoms with Gasteiger partial charge in [0.1, 0.15) is 5.78 Å². The number of carbonyl (C=O) groups is 1. The lowest BCUT2D eigenvalue weighted by molar-refractivity contribution is -0.133. The van der Waals surface area contributed by atoms with Crippen LogP contribution in [0.3, 0.4) is 0 Å². The average molecular weight is 513 g/mol. The SMILES string of the molecule is CCCCC/C=C\C/C=C\CCCCCCC1(CCCCCC/C=C\CCCCCCCC)CC(=O)C1. The first-order valence-corrected chi connectivity index (χ1v) is 16.7. The van der Waals surface area contributed by atoms with E-state index in [2.05, 4.69) is 50.3 Å². The van der Waals surface area contributed by atoms with Gasteiger partial charge >= 0.3 is 0 Å². The molecule has 0 atom stereocenters. The zero-order chi connectivity index (χ0) is 26.7. The third-order valence-corrected chi connectivity index (χ3v) is 8.27. The number of Topliss-reactive ketones (excluding diaryl/α,β-unsaturated/α-hetero) is 1. The van der Waals surface area contributed by atoms with Crippen LogP contribution in [0.4, 0.5) is 0 Å². The van der Waals surface area contributed by atoms with Gasteiger partial charge in [0.25, 0.3) is 0 Å².